The predicted octanol–water partition coefficient (Wildman–Crippen LogP) is 4.06. The molecule has 1 aromatic carbocycles. The summed E-state index contributed by atoms with van der Waals surface area (Å²) >= 11 is 7.16. The van der Waals surface area contributed by atoms with Crippen molar-refractivity contribution in [3.63, 3.8) is 0 Å². The van der Waals surface area contributed by atoms with Crippen LogP contribution in [0.25, 0.3) is 0 Å². The first-order chi connectivity index (χ1) is 5.15. The molecular weight excluding hydrogens is 477 g/mol. The van der Waals surface area contributed by atoms with Crippen molar-refractivity contribution >= 4 is 67.8 Å². The molecule has 0 nitrogen and oxygen atoms in total. The smallest absolute Gasteiger partial charge is 0.0296 e. The zero-order valence-electron chi connectivity index (χ0n) is 6.00. The maximum atomic E-state index is 2.41. The standard InChI is InChI=1S/C8H7I3/c1-2-5-3-6(9)4-7(10)8(5)11/h3-4H,2H2,1H3. The monoisotopic (exact) mass is 484 g/mol. The molecule has 0 heterocycles. The van der Waals surface area contributed by atoms with Crippen LogP contribution in [-0.4, -0.2) is 0 Å². The van der Waals surface area contributed by atoms with E-state index >= 15 is 0 Å². The minimum absolute atomic E-state index is 1.13. The number of hydrogen-bond acceptors (Lipinski definition) is 0. The average Bonchev–Trinajstić information content (AvgIpc) is 1.96. The first kappa shape index (κ1) is 10.5. The summed E-state index contributed by atoms with van der Waals surface area (Å²) in [6.45, 7) is 2.20. The van der Waals surface area contributed by atoms with Crippen LogP contribution in [0.5, 0.6) is 0 Å². The fraction of sp³-hybridized carbons (Fsp3) is 0.250. The highest BCUT2D eigenvalue weighted by atomic mass is 127. The van der Waals surface area contributed by atoms with Crippen LogP contribution in [0.4, 0.5) is 0 Å². The highest BCUT2D eigenvalue weighted by Gasteiger charge is 2.02. The summed E-state index contributed by atoms with van der Waals surface area (Å²) in [5.41, 5.74) is 1.46. The van der Waals surface area contributed by atoms with Crippen LogP contribution >= 0.6 is 67.8 Å². The summed E-state index contributed by atoms with van der Waals surface area (Å²) < 4.78 is 4.11. The fourth-order valence-electron chi connectivity index (χ4n) is 0.867. The predicted molar refractivity (Wildman–Crippen MR) is 74.0 cm³/mol. The van der Waals surface area contributed by atoms with Gasteiger partial charge < -0.3 is 0 Å². The first-order valence-electron chi connectivity index (χ1n) is 3.28. The van der Waals surface area contributed by atoms with Crippen LogP contribution in [0.3, 0.4) is 0 Å². The summed E-state index contributed by atoms with van der Waals surface area (Å²) in [6.07, 6.45) is 1.13. The Balaban J connectivity index is 3.24. The van der Waals surface area contributed by atoms with Gasteiger partial charge in [0, 0.05) is 10.7 Å². The molecule has 0 saturated heterocycles. The highest BCUT2D eigenvalue weighted by Crippen LogP contribution is 2.22. The molecule has 3 heteroatoms. The van der Waals surface area contributed by atoms with E-state index in [1.807, 2.05) is 0 Å². The number of rotatable bonds is 1. The molecule has 11 heavy (non-hydrogen) atoms. The molecule has 0 aliphatic heterocycles. The van der Waals surface area contributed by atoms with Gasteiger partial charge in [0.15, 0.2) is 0 Å². The molecule has 0 aliphatic carbocycles. The first-order valence-corrected chi connectivity index (χ1v) is 6.52. The largest absolute Gasteiger partial charge is 0.0613 e. The molecule has 0 atom stereocenters. The Bertz CT molecular complexity index is 268. The van der Waals surface area contributed by atoms with E-state index in [2.05, 4.69) is 86.8 Å². The normalized spacial score (nSPS) is 10.2. The van der Waals surface area contributed by atoms with Crippen molar-refractivity contribution in [1.82, 2.24) is 0 Å². The van der Waals surface area contributed by atoms with E-state index in [4.69, 9.17) is 0 Å². The molecule has 60 valence electrons. The zero-order chi connectivity index (χ0) is 8.43. The Morgan fingerprint density at radius 2 is 1.82 bits per heavy atom. The minimum Gasteiger partial charge on any atom is -0.0613 e. The lowest BCUT2D eigenvalue weighted by Gasteiger charge is -2.04. The topological polar surface area (TPSA) is 0 Å². The van der Waals surface area contributed by atoms with Gasteiger partial charge >= 0.3 is 0 Å². The Hall–Kier alpha value is 1.41. The van der Waals surface area contributed by atoms with Gasteiger partial charge in [-0.2, -0.15) is 0 Å². The lowest BCUT2D eigenvalue weighted by Crippen LogP contribution is -1.90. The van der Waals surface area contributed by atoms with Gasteiger partial charge in [-0.05, 0) is 91.9 Å². The maximum absolute atomic E-state index is 2.41. The van der Waals surface area contributed by atoms with E-state index in [1.54, 1.807) is 0 Å². The maximum Gasteiger partial charge on any atom is 0.0296 e. The molecule has 0 bridgehead atoms. The second-order valence-electron chi connectivity index (χ2n) is 2.21. The van der Waals surface area contributed by atoms with Crippen molar-refractivity contribution in [2.45, 2.75) is 13.3 Å². The zero-order valence-corrected chi connectivity index (χ0v) is 12.5. The van der Waals surface area contributed by atoms with Crippen molar-refractivity contribution in [2.24, 2.45) is 0 Å². The SMILES string of the molecule is CCc1cc(I)cc(I)c1I. The molecule has 0 N–H and O–H groups in total. The second-order valence-corrected chi connectivity index (χ2v) is 5.70. The van der Waals surface area contributed by atoms with Gasteiger partial charge in [0.25, 0.3) is 0 Å². The van der Waals surface area contributed by atoms with Crippen molar-refractivity contribution in [3.8, 4) is 0 Å². The summed E-state index contributed by atoms with van der Waals surface area (Å²) in [5.74, 6) is 0. The van der Waals surface area contributed by atoms with E-state index in [1.165, 1.54) is 16.3 Å². The van der Waals surface area contributed by atoms with Gasteiger partial charge in [0.05, 0.1) is 0 Å². The number of halogens is 3. The quantitative estimate of drug-likeness (QED) is 0.417. The number of aryl methyl sites for hydroxylation is 1. The molecule has 0 amide bonds. The van der Waals surface area contributed by atoms with E-state index in [0.717, 1.165) is 6.42 Å². The van der Waals surface area contributed by atoms with Gasteiger partial charge in [0.2, 0.25) is 0 Å². The molecule has 0 aromatic heterocycles. The lowest BCUT2D eigenvalue weighted by molar-refractivity contribution is 1.12. The van der Waals surface area contributed by atoms with E-state index < -0.39 is 0 Å². The summed E-state index contributed by atoms with van der Waals surface area (Å²) in [4.78, 5) is 0. The van der Waals surface area contributed by atoms with Crippen LogP contribution in [0, 0.1) is 10.7 Å². The van der Waals surface area contributed by atoms with E-state index in [0.29, 0.717) is 0 Å². The van der Waals surface area contributed by atoms with Gasteiger partial charge in [-0.3, -0.25) is 0 Å². The second kappa shape index (κ2) is 4.59. The Morgan fingerprint density at radius 3 is 2.36 bits per heavy atom. The van der Waals surface area contributed by atoms with E-state index in [-0.39, 0.29) is 0 Å². The van der Waals surface area contributed by atoms with Crippen LogP contribution in [-0.2, 0) is 6.42 Å². The average molecular weight is 484 g/mol. The van der Waals surface area contributed by atoms with Crippen LogP contribution in [0.2, 0.25) is 0 Å². The third-order valence-corrected chi connectivity index (χ3v) is 5.23. The van der Waals surface area contributed by atoms with Gasteiger partial charge in [0.1, 0.15) is 0 Å². The highest BCUT2D eigenvalue weighted by molar-refractivity contribution is 14.1. The summed E-state index contributed by atoms with van der Waals surface area (Å²) in [6, 6.07) is 4.46. The third kappa shape index (κ3) is 2.68. The molecule has 0 unspecified atom stereocenters. The number of hydrogen-bond donors (Lipinski definition) is 0. The molecule has 0 fully saturated rings. The van der Waals surface area contributed by atoms with E-state index in [9.17, 15) is 0 Å². The van der Waals surface area contributed by atoms with Gasteiger partial charge in [-0.1, -0.05) is 6.92 Å². The van der Waals surface area contributed by atoms with Crippen LogP contribution in [0.15, 0.2) is 12.1 Å². The van der Waals surface area contributed by atoms with Crippen LogP contribution in [0.1, 0.15) is 12.5 Å². The van der Waals surface area contributed by atoms with Crippen molar-refractivity contribution in [3.05, 3.63) is 28.4 Å². The summed E-state index contributed by atoms with van der Waals surface area (Å²) in [5, 5.41) is 0. The third-order valence-electron chi connectivity index (χ3n) is 1.45. The molecule has 0 spiro atoms. The molecule has 1 aromatic rings. The molecule has 0 saturated carbocycles. The van der Waals surface area contributed by atoms with Crippen molar-refractivity contribution in [1.29, 1.82) is 0 Å². The summed E-state index contributed by atoms with van der Waals surface area (Å²) in [7, 11) is 0. The van der Waals surface area contributed by atoms with Crippen molar-refractivity contribution in [2.75, 3.05) is 0 Å². The number of benzene rings is 1. The Kier molecular flexibility index (Phi) is 4.38. The molecule has 0 aliphatic rings. The molecule has 0 radical (unpaired) electrons. The Labute approximate surface area is 108 Å². The lowest BCUT2D eigenvalue weighted by atomic mass is 10.2. The van der Waals surface area contributed by atoms with Gasteiger partial charge in [-0.15, -0.1) is 0 Å². The Morgan fingerprint density at radius 1 is 1.18 bits per heavy atom. The molecule has 1 rings (SSSR count). The fourth-order valence-corrected chi connectivity index (χ4v) is 3.52. The molecular formula is C8H7I3. The minimum atomic E-state index is 1.13. The van der Waals surface area contributed by atoms with Crippen LogP contribution < -0.4 is 0 Å². The van der Waals surface area contributed by atoms with Crippen molar-refractivity contribution < 1.29 is 0 Å². The van der Waals surface area contributed by atoms with Gasteiger partial charge in [-0.25, -0.2) is 0 Å².